The Hall–Kier alpha value is -2.03. The van der Waals surface area contributed by atoms with Crippen molar-refractivity contribution in [3.63, 3.8) is 0 Å². The third-order valence-corrected chi connectivity index (χ3v) is 2.22. The van der Waals surface area contributed by atoms with Gasteiger partial charge in [0.2, 0.25) is 0 Å². The molecule has 2 aromatic rings. The fraction of sp³-hybridized carbons (Fsp3) is 0.0833. The zero-order valence-electron chi connectivity index (χ0n) is 8.08. The molecule has 0 unspecified atom stereocenters. The van der Waals surface area contributed by atoms with Crippen LogP contribution in [0.2, 0.25) is 0 Å². The molecular formula is C12H10N2O. The molecule has 0 saturated carbocycles. The second kappa shape index (κ2) is 4.46. The molecule has 74 valence electrons. The van der Waals surface area contributed by atoms with Crippen molar-refractivity contribution in [2.75, 3.05) is 0 Å². The van der Waals surface area contributed by atoms with Crippen molar-refractivity contribution < 1.29 is 4.79 Å². The molecule has 0 N–H and O–H groups in total. The fourth-order valence-electron chi connectivity index (χ4n) is 1.47. The standard InChI is InChI=1S/C12H10N2O/c15-9-12(10-3-1-5-13-7-10)11-4-2-6-14-8-11/h1-9,12H. The van der Waals surface area contributed by atoms with Crippen molar-refractivity contribution in [2.24, 2.45) is 0 Å². The van der Waals surface area contributed by atoms with Gasteiger partial charge in [0.15, 0.2) is 0 Å². The third kappa shape index (κ3) is 2.07. The summed E-state index contributed by atoms with van der Waals surface area (Å²) in [5, 5.41) is 0. The van der Waals surface area contributed by atoms with E-state index in [1.54, 1.807) is 24.8 Å². The summed E-state index contributed by atoms with van der Waals surface area (Å²) in [5.41, 5.74) is 1.78. The van der Waals surface area contributed by atoms with E-state index in [0.29, 0.717) is 0 Å². The Morgan fingerprint density at radius 3 is 1.87 bits per heavy atom. The summed E-state index contributed by atoms with van der Waals surface area (Å²) >= 11 is 0. The topological polar surface area (TPSA) is 42.9 Å². The van der Waals surface area contributed by atoms with Gasteiger partial charge < -0.3 is 4.79 Å². The highest BCUT2D eigenvalue weighted by atomic mass is 16.1. The van der Waals surface area contributed by atoms with Crippen LogP contribution in [-0.4, -0.2) is 16.3 Å². The second-order valence-electron chi connectivity index (χ2n) is 3.19. The minimum atomic E-state index is -0.271. The number of carbonyl (C=O) groups is 1. The molecule has 0 bridgehead atoms. The van der Waals surface area contributed by atoms with Gasteiger partial charge in [0, 0.05) is 24.8 Å². The zero-order valence-corrected chi connectivity index (χ0v) is 8.08. The lowest BCUT2D eigenvalue weighted by Gasteiger charge is -2.09. The number of pyridine rings is 2. The van der Waals surface area contributed by atoms with Gasteiger partial charge in [-0.2, -0.15) is 0 Å². The van der Waals surface area contributed by atoms with Crippen LogP contribution in [0.1, 0.15) is 17.0 Å². The molecule has 0 radical (unpaired) electrons. The normalized spacial score (nSPS) is 10.2. The molecule has 0 atom stereocenters. The van der Waals surface area contributed by atoms with E-state index in [-0.39, 0.29) is 5.92 Å². The van der Waals surface area contributed by atoms with Gasteiger partial charge in [-0.05, 0) is 23.3 Å². The minimum absolute atomic E-state index is 0.271. The average molecular weight is 198 g/mol. The predicted octanol–water partition coefficient (Wildman–Crippen LogP) is 1.81. The van der Waals surface area contributed by atoms with Crippen LogP contribution in [0.15, 0.2) is 49.1 Å². The molecule has 2 heterocycles. The smallest absolute Gasteiger partial charge is 0.131 e. The van der Waals surface area contributed by atoms with E-state index in [9.17, 15) is 4.79 Å². The van der Waals surface area contributed by atoms with Crippen molar-refractivity contribution in [2.45, 2.75) is 5.92 Å². The summed E-state index contributed by atoms with van der Waals surface area (Å²) < 4.78 is 0. The molecule has 15 heavy (non-hydrogen) atoms. The molecule has 0 spiro atoms. The number of aromatic nitrogens is 2. The highest BCUT2D eigenvalue weighted by Gasteiger charge is 2.12. The molecule has 2 rings (SSSR count). The number of aldehydes is 1. The number of rotatable bonds is 3. The van der Waals surface area contributed by atoms with Gasteiger partial charge in [0.05, 0.1) is 5.92 Å². The molecule has 2 aromatic heterocycles. The van der Waals surface area contributed by atoms with Gasteiger partial charge >= 0.3 is 0 Å². The average Bonchev–Trinajstić information content (AvgIpc) is 2.33. The first-order valence-electron chi connectivity index (χ1n) is 4.67. The highest BCUT2D eigenvalue weighted by Crippen LogP contribution is 2.20. The number of nitrogens with zero attached hydrogens (tertiary/aromatic N) is 2. The van der Waals surface area contributed by atoms with Crippen LogP contribution in [0.25, 0.3) is 0 Å². The predicted molar refractivity (Wildman–Crippen MR) is 56.4 cm³/mol. The Kier molecular flexibility index (Phi) is 2.83. The maximum atomic E-state index is 11.1. The van der Waals surface area contributed by atoms with Crippen molar-refractivity contribution in [3.05, 3.63) is 60.2 Å². The zero-order chi connectivity index (χ0) is 10.5. The summed E-state index contributed by atoms with van der Waals surface area (Å²) in [4.78, 5) is 19.0. The highest BCUT2D eigenvalue weighted by molar-refractivity contribution is 5.67. The van der Waals surface area contributed by atoms with Crippen LogP contribution >= 0.6 is 0 Å². The van der Waals surface area contributed by atoms with Crippen LogP contribution in [0.3, 0.4) is 0 Å². The van der Waals surface area contributed by atoms with Gasteiger partial charge in [-0.25, -0.2) is 0 Å². The lowest BCUT2D eigenvalue weighted by atomic mass is 9.95. The Morgan fingerprint density at radius 2 is 1.53 bits per heavy atom. The van der Waals surface area contributed by atoms with E-state index in [0.717, 1.165) is 17.4 Å². The Morgan fingerprint density at radius 1 is 1.00 bits per heavy atom. The first-order valence-corrected chi connectivity index (χ1v) is 4.67. The molecule has 0 saturated heterocycles. The van der Waals surface area contributed by atoms with Crippen molar-refractivity contribution >= 4 is 6.29 Å². The van der Waals surface area contributed by atoms with Crippen molar-refractivity contribution in [1.82, 2.24) is 9.97 Å². The SMILES string of the molecule is O=CC(c1cccnc1)c1cccnc1. The van der Waals surface area contributed by atoms with Crippen molar-refractivity contribution in [1.29, 1.82) is 0 Å². The Labute approximate surface area is 87.8 Å². The molecular weight excluding hydrogens is 188 g/mol. The lowest BCUT2D eigenvalue weighted by molar-refractivity contribution is -0.108. The van der Waals surface area contributed by atoms with E-state index in [4.69, 9.17) is 0 Å². The van der Waals surface area contributed by atoms with Crippen molar-refractivity contribution in [3.8, 4) is 0 Å². The summed E-state index contributed by atoms with van der Waals surface area (Å²) in [6.45, 7) is 0. The minimum Gasteiger partial charge on any atom is -0.302 e. The van der Waals surface area contributed by atoms with Crippen LogP contribution in [0, 0.1) is 0 Å². The Bertz CT molecular complexity index is 388. The Balaban J connectivity index is 2.38. The lowest BCUT2D eigenvalue weighted by Crippen LogP contribution is -2.02. The molecule has 0 amide bonds. The van der Waals surface area contributed by atoms with E-state index in [1.807, 2.05) is 24.3 Å². The first kappa shape index (κ1) is 9.52. The molecule has 0 aliphatic carbocycles. The summed E-state index contributed by atoms with van der Waals surface area (Å²) in [7, 11) is 0. The molecule has 0 aromatic carbocycles. The maximum absolute atomic E-state index is 11.1. The van der Waals surface area contributed by atoms with Crippen LogP contribution in [0.5, 0.6) is 0 Å². The third-order valence-electron chi connectivity index (χ3n) is 2.22. The maximum Gasteiger partial charge on any atom is 0.131 e. The molecule has 3 heteroatoms. The molecule has 0 aliphatic heterocycles. The van der Waals surface area contributed by atoms with Gasteiger partial charge in [-0.3, -0.25) is 9.97 Å². The number of carbonyl (C=O) groups excluding carboxylic acids is 1. The first-order chi connectivity index (χ1) is 7.42. The van der Waals surface area contributed by atoms with E-state index >= 15 is 0 Å². The second-order valence-corrected chi connectivity index (χ2v) is 3.19. The quantitative estimate of drug-likeness (QED) is 0.706. The van der Waals surface area contributed by atoms with Crippen LogP contribution in [-0.2, 0) is 4.79 Å². The molecule has 3 nitrogen and oxygen atoms in total. The van der Waals surface area contributed by atoms with Crippen LogP contribution < -0.4 is 0 Å². The summed E-state index contributed by atoms with van der Waals surface area (Å²) in [6.07, 6.45) is 7.69. The number of hydrogen-bond donors (Lipinski definition) is 0. The van der Waals surface area contributed by atoms with E-state index in [2.05, 4.69) is 9.97 Å². The monoisotopic (exact) mass is 198 g/mol. The summed E-state index contributed by atoms with van der Waals surface area (Å²) in [6, 6.07) is 7.42. The largest absolute Gasteiger partial charge is 0.302 e. The molecule has 0 aliphatic rings. The van der Waals surface area contributed by atoms with E-state index in [1.165, 1.54) is 0 Å². The fourth-order valence-corrected chi connectivity index (χ4v) is 1.47. The molecule has 0 fully saturated rings. The van der Waals surface area contributed by atoms with Gasteiger partial charge in [-0.1, -0.05) is 12.1 Å². The van der Waals surface area contributed by atoms with Gasteiger partial charge in [0.1, 0.15) is 6.29 Å². The van der Waals surface area contributed by atoms with Gasteiger partial charge in [0.25, 0.3) is 0 Å². The summed E-state index contributed by atoms with van der Waals surface area (Å²) in [5.74, 6) is -0.271. The van der Waals surface area contributed by atoms with Gasteiger partial charge in [-0.15, -0.1) is 0 Å². The van der Waals surface area contributed by atoms with E-state index < -0.39 is 0 Å². The van der Waals surface area contributed by atoms with Crippen LogP contribution in [0.4, 0.5) is 0 Å². The number of hydrogen-bond acceptors (Lipinski definition) is 3.